The minimum atomic E-state index is 0.653. The summed E-state index contributed by atoms with van der Waals surface area (Å²) in [5.41, 5.74) is 9.53. The molecule has 2 heteroatoms. The van der Waals surface area contributed by atoms with E-state index in [1.54, 1.807) is 0 Å². The van der Waals surface area contributed by atoms with Crippen LogP contribution in [0.15, 0.2) is 28.3 Å². The first-order chi connectivity index (χ1) is 7.60. The first-order valence-electron chi connectivity index (χ1n) is 6.03. The van der Waals surface area contributed by atoms with Crippen molar-refractivity contribution in [1.29, 1.82) is 0 Å². The van der Waals surface area contributed by atoms with Gasteiger partial charge in [0, 0.05) is 19.3 Å². The van der Waals surface area contributed by atoms with Crippen molar-refractivity contribution in [3.8, 4) is 0 Å². The summed E-state index contributed by atoms with van der Waals surface area (Å²) in [6, 6.07) is 0. The predicted octanol–water partition coefficient (Wildman–Crippen LogP) is 3.49. The van der Waals surface area contributed by atoms with Gasteiger partial charge in [-0.15, -0.1) is 0 Å². The van der Waals surface area contributed by atoms with Gasteiger partial charge in [-0.25, -0.2) is 0 Å². The largest absolute Gasteiger partial charge is 0.327 e. The second-order valence-electron chi connectivity index (χ2n) is 4.33. The standard InChI is InChI=1S/C14H26N2/c1-12(8-9-14(3)16-4)6-5-7-13(2)10-11-15/h6,10H,5,7-9,11,15H2,1-4H3/b12-6+,13-10+,16-14+. The van der Waals surface area contributed by atoms with Gasteiger partial charge in [0.05, 0.1) is 0 Å². The Morgan fingerprint density at radius 2 is 1.62 bits per heavy atom. The van der Waals surface area contributed by atoms with E-state index in [0.717, 1.165) is 25.7 Å². The van der Waals surface area contributed by atoms with Crippen LogP contribution >= 0.6 is 0 Å². The van der Waals surface area contributed by atoms with Crippen LogP contribution in [0.3, 0.4) is 0 Å². The molecule has 0 saturated carbocycles. The summed E-state index contributed by atoms with van der Waals surface area (Å²) in [6.45, 7) is 7.08. The maximum absolute atomic E-state index is 5.45. The van der Waals surface area contributed by atoms with Gasteiger partial charge in [0.25, 0.3) is 0 Å². The number of rotatable bonds is 7. The molecule has 0 aliphatic carbocycles. The molecule has 0 fully saturated rings. The molecule has 2 N–H and O–H groups in total. The molecule has 16 heavy (non-hydrogen) atoms. The van der Waals surface area contributed by atoms with E-state index >= 15 is 0 Å². The molecule has 0 aromatic rings. The second kappa shape index (κ2) is 9.34. The highest BCUT2D eigenvalue weighted by Gasteiger charge is 1.94. The number of hydrogen-bond donors (Lipinski definition) is 1. The van der Waals surface area contributed by atoms with E-state index in [1.165, 1.54) is 16.9 Å². The third-order valence-electron chi connectivity index (χ3n) is 2.76. The molecule has 92 valence electrons. The van der Waals surface area contributed by atoms with Crippen LogP contribution in [0, 0.1) is 0 Å². The number of aliphatic imine (C=N–C) groups is 1. The number of nitrogens with two attached hydrogens (primary N) is 1. The Balaban J connectivity index is 3.83. The van der Waals surface area contributed by atoms with Crippen molar-refractivity contribution < 1.29 is 0 Å². The van der Waals surface area contributed by atoms with Crippen molar-refractivity contribution in [3.63, 3.8) is 0 Å². The van der Waals surface area contributed by atoms with Crippen LogP contribution in [0.2, 0.25) is 0 Å². The summed E-state index contributed by atoms with van der Waals surface area (Å²) >= 11 is 0. The normalized spacial score (nSPS) is 14.4. The molecule has 0 amide bonds. The lowest BCUT2D eigenvalue weighted by molar-refractivity contribution is 0.926. The Hall–Kier alpha value is -0.890. The van der Waals surface area contributed by atoms with Gasteiger partial charge in [0.2, 0.25) is 0 Å². The highest BCUT2D eigenvalue weighted by molar-refractivity contribution is 5.81. The lowest BCUT2D eigenvalue weighted by Gasteiger charge is -2.02. The van der Waals surface area contributed by atoms with Gasteiger partial charge in [0.15, 0.2) is 0 Å². The zero-order chi connectivity index (χ0) is 12.4. The van der Waals surface area contributed by atoms with E-state index in [2.05, 4.69) is 37.9 Å². The highest BCUT2D eigenvalue weighted by Crippen LogP contribution is 2.10. The third kappa shape index (κ3) is 8.42. The van der Waals surface area contributed by atoms with Gasteiger partial charge in [-0.1, -0.05) is 23.3 Å². The maximum atomic E-state index is 5.45. The monoisotopic (exact) mass is 222 g/mol. The molecule has 0 saturated heterocycles. The lowest BCUT2D eigenvalue weighted by Crippen LogP contribution is -1.94. The molecular weight excluding hydrogens is 196 g/mol. The summed E-state index contributed by atoms with van der Waals surface area (Å²) in [6.07, 6.45) is 8.87. The molecule has 0 aromatic heterocycles. The molecule has 0 aliphatic rings. The third-order valence-corrected chi connectivity index (χ3v) is 2.76. The molecule has 0 atom stereocenters. The van der Waals surface area contributed by atoms with Crippen molar-refractivity contribution in [3.05, 3.63) is 23.3 Å². The SMILES string of the molecule is C/N=C(\C)CC/C(C)=C/CC/C(C)=C/CN. The van der Waals surface area contributed by atoms with E-state index in [0.29, 0.717) is 6.54 Å². The fourth-order valence-corrected chi connectivity index (χ4v) is 1.44. The summed E-state index contributed by atoms with van der Waals surface area (Å²) in [5, 5.41) is 0. The van der Waals surface area contributed by atoms with Gasteiger partial charge in [-0.3, -0.25) is 4.99 Å². The van der Waals surface area contributed by atoms with Crippen LogP contribution in [-0.4, -0.2) is 19.3 Å². The number of nitrogens with zero attached hydrogens (tertiary/aromatic N) is 1. The quantitative estimate of drug-likeness (QED) is 0.519. The Labute approximate surface area is 100 Å². The minimum absolute atomic E-state index is 0.653. The van der Waals surface area contributed by atoms with Crippen LogP contribution < -0.4 is 5.73 Å². The van der Waals surface area contributed by atoms with E-state index in [4.69, 9.17) is 5.73 Å². The highest BCUT2D eigenvalue weighted by atomic mass is 14.7. The summed E-state index contributed by atoms with van der Waals surface area (Å²) in [4.78, 5) is 4.16. The van der Waals surface area contributed by atoms with Gasteiger partial charge in [0.1, 0.15) is 0 Å². The van der Waals surface area contributed by atoms with E-state index in [1.807, 2.05) is 7.05 Å². The molecule has 0 rings (SSSR count). The molecule has 0 aromatic carbocycles. The van der Waals surface area contributed by atoms with E-state index in [9.17, 15) is 0 Å². The van der Waals surface area contributed by atoms with Crippen LogP contribution in [0.1, 0.15) is 46.5 Å². The van der Waals surface area contributed by atoms with Gasteiger partial charge < -0.3 is 5.73 Å². The average molecular weight is 222 g/mol. The molecule has 0 radical (unpaired) electrons. The summed E-state index contributed by atoms with van der Waals surface area (Å²) in [5.74, 6) is 0. The molecule has 0 unspecified atom stereocenters. The first kappa shape index (κ1) is 15.1. The minimum Gasteiger partial charge on any atom is -0.327 e. The Kier molecular flexibility index (Phi) is 8.82. The predicted molar refractivity (Wildman–Crippen MR) is 74.1 cm³/mol. The second-order valence-corrected chi connectivity index (χ2v) is 4.33. The number of allylic oxidation sites excluding steroid dienone is 3. The van der Waals surface area contributed by atoms with Crippen molar-refractivity contribution >= 4 is 5.71 Å². The van der Waals surface area contributed by atoms with Crippen molar-refractivity contribution in [2.75, 3.05) is 13.6 Å². The summed E-state index contributed by atoms with van der Waals surface area (Å²) < 4.78 is 0. The Morgan fingerprint density at radius 1 is 1.00 bits per heavy atom. The molecule has 0 heterocycles. The zero-order valence-corrected chi connectivity index (χ0v) is 11.2. The van der Waals surface area contributed by atoms with E-state index in [-0.39, 0.29) is 0 Å². The molecular formula is C14H26N2. The lowest BCUT2D eigenvalue weighted by atomic mass is 10.1. The Morgan fingerprint density at radius 3 is 2.19 bits per heavy atom. The topological polar surface area (TPSA) is 38.4 Å². The zero-order valence-electron chi connectivity index (χ0n) is 11.2. The van der Waals surface area contributed by atoms with Crippen molar-refractivity contribution in [1.82, 2.24) is 0 Å². The van der Waals surface area contributed by atoms with Crippen LogP contribution in [0.25, 0.3) is 0 Å². The van der Waals surface area contributed by atoms with Gasteiger partial charge in [-0.05, 0) is 46.5 Å². The fraction of sp³-hybridized carbons (Fsp3) is 0.643. The number of hydrogen-bond acceptors (Lipinski definition) is 2. The van der Waals surface area contributed by atoms with Crippen LogP contribution in [0.5, 0.6) is 0 Å². The van der Waals surface area contributed by atoms with E-state index < -0.39 is 0 Å². The van der Waals surface area contributed by atoms with Crippen molar-refractivity contribution in [2.45, 2.75) is 46.5 Å². The molecule has 2 nitrogen and oxygen atoms in total. The first-order valence-corrected chi connectivity index (χ1v) is 6.03. The van der Waals surface area contributed by atoms with Crippen LogP contribution in [0.4, 0.5) is 0 Å². The van der Waals surface area contributed by atoms with Crippen LogP contribution in [-0.2, 0) is 0 Å². The average Bonchev–Trinajstić information content (AvgIpc) is 2.26. The molecule has 0 spiro atoms. The fourth-order valence-electron chi connectivity index (χ4n) is 1.44. The Bertz CT molecular complexity index is 272. The smallest absolute Gasteiger partial charge is 0.0276 e. The summed E-state index contributed by atoms with van der Waals surface area (Å²) in [7, 11) is 1.86. The molecule has 0 bridgehead atoms. The maximum Gasteiger partial charge on any atom is 0.0276 e. The van der Waals surface area contributed by atoms with Gasteiger partial charge >= 0.3 is 0 Å². The van der Waals surface area contributed by atoms with Crippen molar-refractivity contribution in [2.24, 2.45) is 10.7 Å². The molecule has 0 aliphatic heterocycles. The van der Waals surface area contributed by atoms with Gasteiger partial charge in [-0.2, -0.15) is 0 Å².